The zero-order chi connectivity index (χ0) is 11.3. The summed E-state index contributed by atoms with van der Waals surface area (Å²) in [5, 5.41) is 11.3. The molecule has 0 aliphatic heterocycles. The zero-order valence-corrected chi connectivity index (χ0v) is 8.91. The number of nitrogens with one attached hydrogen (secondary N) is 1. The van der Waals surface area contributed by atoms with E-state index in [1.165, 1.54) is 6.20 Å². The quantitative estimate of drug-likeness (QED) is 0.774. The molecule has 5 nitrogen and oxygen atoms in total. The van der Waals surface area contributed by atoms with Crippen molar-refractivity contribution in [1.29, 1.82) is 0 Å². The van der Waals surface area contributed by atoms with Crippen LogP contribution in [0.25, 0.3) is 0 Å². The van der Waals surface area contributed by atoms with Crippen molar-refractivity contribution in [2.45, 2.75) is 6.92 Å². The van der Waals surface area contributed by atoms with Crippen LogP contribution in [0.5, 0.6) is 0 Å². The lowest BCUT2D eigenvalue weighted by Gasteiger charge is -2.06. The molecular weight excluding hydrogens is 220 g/mol. The number of nitrogens with zero attached hydrogens (tertiary/aromatic N) is 1. The van der Waals surface area contributed by atoms with E-state index in [2.05, 4.69) is 15.0 Å². The predicted octanol–water partition coefficient (Wildman–Crippen LogP) is 1.58. The van der Waals surface area contributed by atoms with Crippen LogP contribution >= 0.6 is 11.6 Å². The summed E-state index contributed by atoms with van der Waals surface area (Å²) >= 11 is 5.71. The van der Waals surface area contributed by atoms with E-state index in [0.717, 1.165) is 5.56 Å². The normalized spacial score (nSPS) is 9.80. The number of aromatic nitrogens is 1. The molecule has 0 radical (unpaired) electrons. The molecule has 0 aliphatic rings. The fourth-order valence-corrected chi connectivity index (χ4v) is 1.02. The number of rotatable bonds is 3. The van der Waals surface area contributed by atoms with Gasteiger partial charge in [0.25, 0.3) is 0 Å². The van der Waals surface area contributed by atoms with Gasteiger partial charge in [-0.15, -0.1) is 0 Å². The van der Waals surface area contributed by atoms with Crippen LogP contribution < -0.4 is 5.32 Å². The number of hydrogen-bond acceptors (Lipinski definition) is 4. The Morgan fingerprint density at radius 3 is 3.07 bits per heavy atom. The van der Waals surface area contributed by atoms with E-state index < -0.39 is 6.09 Å². The van der Waals surface area contributed by atoms with Crippen LogP contribution in [0.3, 0.4) is 0 Å². The largest absolute Gasteiger partial charge is 0.447 e. The number of aryl methyl sites for hydroxylation is 1. The van der Waals surface area contributed by atoms with E-state index in [1.807, 2.05) is 0 Å². The first-order valence-electron chi connectivity index (χ1n) is 4.30. The van der Waals surface area contributed by atoms with Crippen LogP contribution in [0.15, 0.2) is 12.3 Å². The first-order valence-corrected chi connectivity index (χ1v) is 4.68. The number of aliphatic hydroxyl groups excluding tert-OH is 1. The first-order chi connectivity index (χ1) is 7.13. The summed E-state index contributed by atoms with van der Waals surface area (Å²) in [6, 6.07) is 1.68. The summed E-state index contributed by atoms with van der Waals surface area (Å²) in [6.45, 7) is 1.54. The Hall–Kier alpha value is -1.33. The number of aliphatic hydroxyl groups is 1. The summed E-state index contributed by atoms with van der Waals surface area (Å²) in [5.41, 5.74) is 1.26. The van der Waals surface area contributed by atoms with Crippen molar-refractivity contribution < 1.29 is 14.6 Å². The van der Waals surface area contributed by atoms with Gasteiger partial charge in [0.05, 0.1) is 18.5 Å². The molecule has 1 aromatic heterocycles. The lowest BCUT2D eigenvalue weighted by molar-refractivity contribution is 0.131. The number of carbonyl (C=O) groups is 1. The van der Waals surface area contributed by atoms with Crippen molar-refractivity contribution in [1.82, 2.24) is 4.98 Å². The van der Waals surface area contributed by atoms with E-state index >= 15 is 0 Å². The second kappa shape index (κ2) is 5.53. The smallest absolute Gasteiger partial charge is 0.411 e. The molecule has 1 heterocycles. The Morgan fingerprint density at radius 2 is 2.47 bits per heavy atom. The Morgan fingerprint density at radius 1 is 1.73 bits per heavy atom. The zero-order valence-electron chi connectivity index (χ0n) is 8.16. The predicted molar refractivity (Wildman–Crippen MR) is 56.0 cm³/mol. The van der Waals surface area contributed by atoms with Gasteiger partial charge in [-0.1, -0.05) is 11.6 Å². The molecule has 0 saturated carbocycles. The van der Waals surface area contributed by atoms with E-state index in [-0.39, 0.29) is 13.2 Å². The standard InChI is InChI=1S/C9H11ClN2O3/c1-6-4-7(5-11-8(6)10)12-9(14)15-3-2-13/h4-5,13H,2-3H2,1H3,(H,12,14). The number of pyridine rings is 1. The average Bonchev–Trinajstić information content (AvgIpc) is 2.20. The lowest BCUT2D eigenvalue weighted by atomic mass is 10.3. The molecule has 1 rings (SSSR count). The Kier molecular flexibility index (Phi) is 4.33. The molecule has 0 spiro atoms. The summed E-state index contributed by atoms with van der Waals surface area (Å²) in [7, 11) is 0. The highest BCUT2D eigenvalue weighted by Gasteiger charge is 2.04. The van der Waals surface area contributed by atoms with Gasteiger partial charge >= 0.3 is 6.09 Å². The molecule has 1 aromatic rings. The molecule has 0 saturated heterocycles. The number of ether oxygens (including phenoxy) is 1. The molecule has 0 aliphatic carbocycles. The monoisotopic (exact) mass is 230 g/mol. The number of carbonyl (C=O) groups excluding carboxylic acids is 1. The SMILES string of the molecule is Cc1cc(NC(=O)OCCO)cnc1Cl. The molecule has 15 heavy (non-hydrogen) atoms. The highest BCUT2D eigenvalue weighted by atomic mass is 35.5. The second-order valence-corrected chi connectivity index (χ2v) is 3.17. The molecule has 0 fully saturated rings. The summed E-state index contributed by atoms with van der Waals surface area (Å²) in [5.74, 6) is 0. The molecule has 0 atom stereocenters. The van der Waals surface area contributed by atoms with Gasteiger partial charge in [-0.3, -0.25) is 5.32 Å². The van der Waals surface area contributed by atoms with Crippen LogP contribution in [-0.4, -0.2) is 29.4 Å². The van der Waals surface area contributed by atoms with Gasteiger partial charge in [0.1, 0.15) is 11.8 Å². The lowest BCUT2D eigenvalue weighted by Crippen LogP contribution is -2.15. The van der Waals surface area contributed by atoms with Crippen molar-refractivity contribution in [3.05, 3.63) is 23.0 Å². The highest BCUT2D eigenvalue weighted by Crippen LogP contribution is 2.15. The Bertz CT molecular complexity index is 357. The summed E-state index contributed by atoms with van der Waals surface area (Å²) in [4.78, 5) is 14.9. The third-order valence-electron chi connectivity index (χ3n) is 1.59. The molecule has 6 heteroatoms. The molecule has 0 aromatic carbocycles. The minimum absolute atomic E-state index is 0.0359. The summed E-state index contributed by atoms with van der Waals surface area (Å²) < 4.78 is 4.60. The first kappa shape index (κ1) is 11.7. The summed E-state index contributed by atoms with van der Waals surface area (Å²) in [6.07, 6.45) is 0.794. The second-order valence-electron chi connectivity index (χ2n) is 2.82. The molecular formula is C9H11ClN2O3. The van der Waals surface area contributed by atoms with Gasteiger partial charge in [-0.25, -0.2) is 9.78 Å². The van der Waals surface area contributed by atoms with Crippen LogP contribution in [0.4, 0.5) is 10.5 Å². The van der Waals surface area contributed by atoms with Crippen LogP contribution in [0.2, 0.25) is 5.15 Å². The van der Waals surface area contributed by atoms with Crippen molar-refractivity contribution in [3.63, 3.8) is 0 Å². The van der Waals surface area contributed by atoms with Crippen molar-refractivity contribution in [3.8, 4) is 0 Å². The van der Waals surface area contributed by atoms with Gasteiger partial charge in [-0.05, 0) is 18.6 Å². The van der Waals surface area contributed by atoms with Crippen molar-refractivity contribution in [2.75, 3.05) is 18.5 Å². The van der Waals surface area contributed by atoms with Crippen molar-refractivity contribution >= 4 is 23.4 Å². The van der Waals surface area contributed by atoms with Crippen LogP contribution in [0, 0.1) is 6.92 Å². The Balaban J connectivity index is 2.57. The highest BCUT2D eigenvalue weighted by molar-refractivity contribution is 6.30. The minimum atomic E-state index is -0.632. The number of halogens is 1. The van der Waals surface area contributed by atoms with E-state index in [4.69, 9.17) is 16.7 Å². The van der Waals surface area contributed by atoms with Gasteiger partial charge in [-0.2, -0.15) is 0 Å². The topological polar surface area (TPSA) is 71.5 Å². The van der Waals surface area contributed by atoms with E-state index in [9.17, 15) is 4.79 Å². The van der Waals surface area contributed by atoms with Gasteiger partial charge in [0, 0.05) is 0 Å². The van der Waals surface area contributed by atoms with Gasteiger partial charge in [0.2, 0.25) is 0 Å². The average molecular weight is 231 g/mol. The van der Waals surface area contributed by atoms with E-state index in [0.29, 0.717) is 10.8 Å². The number of hydrogen-bond donors (Lipinski definition) is 2. The maximum Gasteiger partial charge on any atom is 0.411 e. The van der Waals surface area contributed by atoms with Crippen molar-refractivity contribution in [2.24, 2.45) is 0 Å². The molecule has 82 valence electrons. The number of anilines is 1. The Labute approximate surface area is 92.0 Å². The third-order valence-corrected chi connectivity index (χ3v) is 1.98. The van der Waals surface area contributed by atoms with Crippen LogP contribution in [-0.2, 0) is 4.74 Å². The maximum absolute atomic E-state index is 11.1. The molecule has 2 N–H and O–H groups in total. The molecule has 0 bridgehead atoms. The fraction of sp³-hybridized carbons (Fsp3) is 0.333. The van der Waals surface area contributed by atoms with Crippen LogP contribution in [0.1, 0.15) is 5.56 Å². The number of amides is 1. The molecule has 1 amide bonds. The van der Waals surface area contributed by atoms with Gasteiger partial charge in [0.15, 0.2) is 0 Å². The maximum atomic E-state index is 11.1. The van der Waals surface area contributed by atoms with E-state index in [1.54, 1.807) is 13.0 Å². The molecule has 0 unspecified atom stereocenters. The third kappa shape index (κ3) is 3.73. The van der Waals surface area contributed by atoms with Gasteiger partial charge < -0.3 is 9.84 Å². The minimum Gasteiger partial charge on any atom is -0.447 e. The fourth-order valence-electron chi connectivity index (χ4n) is 0.919.